The Morgan fingerprint density at radius 1 is 0.815 bits per heavy atom. The fourth-order valence-corrected chi connectivity index (χ4v) is 3.28. The maximum Gasteiger partial charge on any atom is 0.265 e. The summed E-state index contributed by atoms with van der Waals surface area (Å²) in [5.41, 5.74) is 1.61. The van der Waals surface area contributed by atoms with Crippen LogP contribution in [0.25, 0.3) is 0 Å². The fraction of sp³-hybridized carbons (Fsp3) is 0.100. The van der Waals surface area contributed by atoms with Crippen LogP contribution >= 0.6 is 11.3 Å². The van der Waals surface area contributed by atoms with Crippen molar-refractivity contribution in [3.63, 3.8) is 0 Å². The number of hydrogen-bond donors (Lipinski definition) is 2. The average Bonchev–Trinajstić information content (AvgIpc) is 3.23. The van der Waals surface area contributed by atoms with E-state index in [2.05, 4.69) is 10.6 Å². The Labute approximate surface area is 159 Å². The Kier molecular flexibility index (Phi) is 4.76. The fourth-order valence-electron chi connectivity index (χ4n) is 2.66. The van der Waals surface area contributed by atoms with Crippen molar-refractivity contribution in [1.29, 1.82) is 0 Å². The van der Waals surface area contributed by atoms with Gasteiger partial charge in [0, 0.05) is 23.0 Å². The minimum Gasteiger partial charge on any atom is -0.486 e. The van der Waals surface area contributed by atoms with E-state index in [-0.39, 0.29) is 11.8 Å². The van der Waals surface area contributed by atoms with Gasteiger partial charge in [-0.15, -0.1) is 11.3 Å². The number of carbonyl (C=O) groups excluding carboxylic acids is 2. The summed E-state index contributed by atoms with van der Waals surface area (Å²) < 4.78 is 11.0. The van der Waals surface area contributed by atoms with Gasteiger partial charge >= 0.3 is 0 Å². The molecule has 2 N–H and O–H groups in total. The van der Waals surface area contributed by atoms with E-state index >= 15 is 0 Å². The summed E-state index contributed by atoms with van der Waals surface area (Å²) in [5, 5.41) is 7.47. The third-order valence-corrected chi connectivity index (χ3v) is 4.80. The molecule has 3 aromatic rings. The van der Waals surface area contributed by atoms with Gasteiger partial charge in [0.2, 0.25) is 0 Å². The molecule has 7 heteroatoms. The molecule has 2 aromatic carbocycles. The number of amides is 2. The maximum absolute atomic E-state index is 12.6. The molecule has 0 atom stereocenters. The molecule has 0 radical (unpaired) electrons. The van der Waals surface area contributed by atoms with Crippen LogP contribution < -0.4 is 20.1 Å². The molecule has 0 saturated carbocycles. The van der Waals surface area contributed by atoms with Gasteiger partial charge in [0.1, 0.15) is 13.2 Å². The van der Waals surface area contributed by atoms with E-state index in [9.17, 15) is 9.59 Å². The third-order valence-electron chi connectivity index (χ3n) is 3.93. The number of thiophene rings is 1. The van der Waals surface area contributed by atoms with E-state index in [0.29, 0.717) is 46.5 Å². The Morgan fingerprint density at radius 3 is 2.41 bits per heavy atom. The van der Waals surface area contributed by atoms with Gasteiger partial charge in [0.15, 0.2) is 11.5 Å². The lowest BCUT2D eigenvalue weighted by Crippen LogP contribution is -2.16. The van der Waals surface area contributed by atoms with Crippen LogP contribution in [0.3, 0.4) is 0 Å². The van der Waals surface area contributed by atoms with Crippen LogP contribution in [0.1, 0.15) is 20.0 Å². The van der Waals surface area contributed by atoms with E-state index in [1.165, 1.54) is 11.3 Å². The number of benzene rings is 2. The van der Waals surface area contributed by atoms with Crippen molar-refractivity contribution in [2.75, 3.05) is 23.8 Å². The Balaban J connectivity index is 1.47. The smallest absolute Gasteiger partial charge is 0.265 e. The van der Waals surface area contributed by atoms with Gasteiger partial charge in [0.05, 0.1) is 4.88 Å². The van der Waals surface area contributed by atoms with Crippen LogP contribution in [-0.2, 0) is 0 Å². The van der Waals surface area contributed by atoms with Crippen molar-refractivity contribution in [2.45, 2.75) is 0 Å². The zero-order chi connectivity index (χ0) is 18.6. The molecular formula is C20H16N2O4S. The predicted octanol–water partition coefficient (Wildman–Crippen LogP) is 4.02. The SMILES string of the molecule is O=C(Nc1ccc2c(c1)OCCO2)c1cccc(NC(=O)c2cccs2)c1. The summed E-state index contributed by atoms with van der Waals surface area (Å²) in [6.07, 6.45) is 0. The van der Waals surface area contributed by atoms with Crippen molar-refractivity contribution < 1.29 is 19.1 Å². The molecule has 1 aliphatic rings. The second-order valence-electron chi connectivity index (χ2n) is 5.82. The van der Waals surface area contributed by atoms with Gasteiger partial charge in [-0.25, -0.2) is 0 Å². The van der Waals surface area contributed by atoms with Crippen LogP contribution in [0, 0.1) is 0 Å². The van der Waals surface area contributed by atoms with Gasteiger partial charge in [0.25, 0.3) is 11.8 Å². The average molecular weight is 380 g/mol. The molecule has 2 heterocycles. The van der Waals surface area contributed by atoms with Crippen LogP contribution in [0.2, 0.25) is 0 Å². The monoisotopic (exact) mass is 380 g/mol. The molecule has 0 aliphatic carbocycles. The number of rotatable bonds is 4. The highest BCUT2D eigenvalue weighted by Crippen LogP contribution is 2.32. The van der Waals surface area contributed by atoms with Crippen molar-refractivity contribution in [3.05, 3.63) is 70.4 Å². The summed E-state index contributed by atoms with van der Waals surface area (Å²) in [6, 6.07) is 15.6. The summed E-state index contributed by atoms with van der Waals surface area (Å²) in [4.78, 5) is 25.3. The van der Waals surface area contributed by atoms with E-state index < -0.39 is 0 Å². The van der Waals surface area contributed by atoms with Gasteiger partial charge in [-0.1, -0.05) is 12.1 Å². The number of fused-ring (bicyclic) bond motifs is 1. The maximum atomic E-state index is 12.6. The number of ether oxygens (including phenoxy) is 2. The Morgan fingerprint density at radius 2 is 1.59 bits per heavy atom. The summed E-state index contributed by atoms with van der Waals surface area (Å²) in [5.74, 6) is 0.793. The first-order chi connectivity index (χ1) is 13.2. The highest BCUT2D eigenvalue weighted by molar-refractivity contribution is 7.12. The minimum absolute atomic E-state index is 0.200. The largest absolute Gasteiger partial charge is 0.486 e. The third kappa shape index (κ3) is 3.93. The van der Waals surface area contributed by atoms with E-state index in [1.54, 1.807) is 48.5 Å². The molecule has 6 nitrogen and oxygen atoms in total. The lowest BCUT2D eigenvalue weighted by molar-refractivity contribution is 0.101. The molecule has 0 bridgehead atoms. The highest BCUT2D eigenvalue weighted by atomic mass is 32.1. The van der Waals surface area contributed by atoms with Gasteiger partial charge < -0.3 is 20.1 Å². The first kappa shape index (κ1) is 17.1. The quantitative estimate of drug-likeness (QED) is 0.717. The van der Waals surface area contributed by atoms with Crippen molar-refractivity contribution in [1.82, 2.24) is 0 Å². The van der Waals surface area contributed by atoms with Crippen molar-refractivity contribution in [3.8, 4) is 11.5 Å². The van der Waals surface area contributed by atoms with E-state index in [4.69, 9.17) is 9.47 Å². The lowest BCUT2D eigenvalue weighted by atomic mass is 10.1. The Hall–Kier alpha value is -3.32. The van der Waals surface area contributed by atoms with Gasteiger partial charge in [-0.3, -0.25) is 9.59 Å². The molecule has 0 spiro atoms. The minimum atomic E-state index is -0.279. The van der Waals surface area contributed by atoms with Crippen LogP contribution in [0.5, 0.6) is 11.5 Å². The summed E-state index contributed by atoms with van der Waals surface area (Å²) >= 11 is 1.36. The normalized spacial score (nSPS) is 12.3. The van der Waals surface area contributed by atoms with Gasteiger partial charge in [-0.2, -0.15) is 0 Å². The second kappa shape index (κ2) is 7.51. The lowest BCUT2D eigenvalue weighted by Gasteiger charge is -2.19. The molecule has 27 heavy (non-hydrogen) atoms. The van der Waals surface area contributed by atoms with Crippen LogP contribution in [0.15, 0.2) is 60.0 Å². The topological polar surface area (TPSA) is 76.7 Å². The first-order valence-corrected chi connectivity index (χ1v) is 9.23. The first-order valence-electron chi connectivity index (χ1n) is 8.35. The van der Waals surface area contributed by atoms with Crippen LogP contribution in [0.4, 0.5) is 11.4 Å². The van der Waals surface area contributed by atoms with Gasteiger partial charge in [-0.05, 0) is 41.8 Å². The van der Waals surface area contributed by atoms with E-state index in [0.717, 1.165) is 0 Å². The molecule has 1 aromatic heterocycles. The van der Waals surface area contributed by atoms with E-state index in [1.807, 2.05) is 11.4 Å². The van der Waals surface area contributed by atoms with Crippen molar-refractivity contribution in [2.24, 2.45) is 0 Å². The zero-order valence-corrected chi connectivity index (χ0v) is 15.0. The molecule has 0 fully saturated rings. The Bertz CT molecular complexity index is 985. The molecule has 0 unspecified atom stereocenters. The molecule has 0 saturated heterocycles. The second-order valence-corrected chi connectivity index (χ2v) is 6.77. The molecule has 136 valence electrons. The summed E-state index contributed by atoms with van der Waals surface area (Å²) in [6.45, 7) is 0.999. The highest BCUT2D eigenvalue weighted by Gasteiger charge is 2.14. The predicted molar refractivity (Wildman–Crippen MR) is 104 cm³/mol. The standard InChI is InChI=1S/C20H16N2O4S/c23-19(21-15-6-7-16-17(12-15)26-9-8-25-16)13-3-1-4-14(11-13)22-20(24)18-5-2-10-27-18/h1-7,10-12H,8-9H2,(H,21,23)(H,22,24). The molecule has 4 rings (SSSR count). The zero-order valence-electron chi connectivity index (χ0n) is 14.2. The molecule has 2 amide bonds. The number of anilines is 2. The number of hydrogen-bond acceptors (Lipinski definition) is 5. The molecule has 1 aliphatic heterocycles. The number of carbonyl (C=O) groups is 2. The summed E-state index contributed by atoms with van der Waals surface area (Å²) in [7, 11) is 0. The number of nitrogens with one attached hydrogen (secondary N) is 2. The van der Waals surface area contributed by atoms with Crippen LogP contribution in [-0.4, -0.2) is 25.0 Å². The van der Waals surface area contributed by atoms with Crippen molar-refractivity contribution >= 4 is 34.5 Å². The molecular weight excluding hydrogens is 364 g/mol.